The number of hydrogen-bond acceptors (Lipinski definition) is 5. The smallest absolute Gasteiger partial charge is 0.336 e. The van der Waals surface area contributed by atoms with Gasteiger partial charge in [-0.2, -0.15) is 0 Å². The average molecular weight is 330 g/mol. The van der Waals surface area contributed by atoms with Gasteiger partial charge in [-0.25, -0.2) is 4.79 Å². The number of rotatable bonds is 4. The highest BCUT2D eigenvalue weighted by atomic mass is 16.5. The van der Waals surface area contributed by atoms with Crippen molar-refractivity contribution >= 4 is 22.6 Å². The van der Waals surface area contributed by atoms with Gasteiger partial charge in [-0.05, 0) is 31.0 Å². The van der Waals surface area contributed by atoms with E-state index in [4.69, 9.17) is 9.15 Å². The molecule has 128 valence electrons. The molecule has 1 unspecified atom stereocenters. The number of carbonyl (C=O) groups is 1. The van der Waals surface area contributed by atoms with Gasteiger partial charge in [-0.3, -0.25) is 9.69 Å². The highest BCUT2D eigenvalue weighted by Crippen LogP contribution is 2.21. The molecule has 1 N–H and O–H groups in total. The Balaban J connectivity index is 1.80. The van der Waals surface area contributed by atoms with E-state index in [1.165, 1.54) is 6.07 Å². The second-order valence-electron chi connectivity index (χ2n) is 6.02. The highest BCUT2D eigenvalue weighted by molar-refractivity contribution is 5.96. The van der Waals surface area contributed by atoms with Gasteiger partial charge in [0, 0.05) is 36.3 Å². The second-order valence-corrected chi connectivity index (χ2v) is 6.02. The molecular formula is C18H22N2O4. The minimum atomic E-state index is -0.386. The zero-order chi connectivity index (χ0) is 17.1. The lowest BCUT2D eigenvalue weighted by atomic mass is 10.1. The fourth-order valence-electron chi connectivity index (χ4n) is 3.13. The molecule has 2 heterocycles. The number of fused-ring (bicyclic) bond motifs is 1. The lowest BCUT2D eigenvalue weighted by Crippen LogP contribution is -2.48. The van der Waals surface area contributed by atoms with Crippen LogP contribution in [0.2, 0.25) is 0 Å². The predicted molar refractivity (Wildman–Crippen MR) is 92.3 cm³/mol. The van der Waals surface area contributed by atoms with Crippen LogP contribution in [0.25, 0.3) is 11.0 Å². The summed E-state index contributed by atoms with van der Waals surface area (Å²) in [6, 6.07) is 6.67. The summed E-state index contributed by atoms with van der Waals surface area (Å²) in [5.74, 6) is -0.0475. The number of morpholine rings is 1. The van der Waals surface area contributed by atoms with Gasteiger partial charge in [0.1, 0.15) is 5.58 Å². The Morgan fingerprint density at radius 3 is 2.75 bits per heavy atom. The van der Waals surface area contributed by atoms with Gasteiger partial charge in [-0.1, -0.05) is 6.92 Å². The summed E-state index contributed by atoms with van der Waals surface area (Å²) >= 11 is 0. The third-order valence-electron chi connectivity index (χ3n) is 4.39. The van der Waals surface area contributed by atoms with Crippen LogP contribution < -0.4 is 10.9 Å². The fraction of sp³-hybridized carbons (Fsp3) is 0.444. The quantitative estimate of drug-likeness (QED) is 0.870. The third kappa shape index (κ3) is 3.49. The van der Waals surface area contributed by atoms with Gasteiger partial charge >= 0.3 is 5.63 Å². The first kappa shape index (κ1) is 16.7. The summed E-state index contributed by atoms with van der Waals surface area (Å²) in [7, 11) is 0. The van der Waals surface area contributed by atoms with Crippen LogP contribution in [-0.4, -0.2) is 43.2 Å². The molecule has 1 aromatic carbocycles. The van der Waals surface area contributed by atoms with E-state index in [1.807, 2.05) is 26.0 Å². The summed E-state index contributed by atoms with van der Waals surface area (Å²) < 4.78 is 10.6. The van der Waals surface area contributed by atoms with Crippen molar-refractivity contribution in [2.75, 3.05) is 31.6 Å². The van der Waals surface area contributed by atoms with Crippen LogP contribution >= 0.6 is 0 Å². The molecule has 3 rings (SSSR count). The molecule has 1 aliphatic rings. The van der Waals surface area contributed by atoms with Crippen LogP contribution in [0.5, 0.6) is 0 Å². The molecule has 6 heteroatoms. The zero-order valence-electron chi connectivity index (χ0n) is 14.0. The number of carbonyl (C=O) groups excluding carboxylic acids is 1. The largest absolute Gasteiger partial charge is 0.423 e. The molecular weight excluding hydrogens is 308 g/mol. The van der Waals surface area contributed by atoms with Crippen molar-refractivity contribution in [1.29, 1.82) is 0 Å². The molecule has 0 bridgehead atoms. The minimum Gasteiger partial charge on any atom is -0.423 e. The van der Waals surface area contributed by atoms with E-state index in [1.54, 1.807) is 6.07 Å². The first-order chi connectivity index (χ1) is 11.6. The van der Waals surface area contributed by atoms with Crippen LogP contribution in [0, 0.1) is 6.92 Å². The lowest BCUT2D eigenvalue weighted by molar-refractivity contribution is -0.123. The molecule has 6 nitrogen and oxygen atoms in total. The molecule has 2 aromatic rings. The summed E-state index contributed by atoms with van der Waals surface area (Å²) in [6.45, 7) is 6.70. The van der Waals surface area contributed by atoms with Crippen LogP contribution in [0.15, 0.2) is 33.5 Å². The van der Waals surface area contributed by atoms with Crippen molar-refractivity contribution < 1.29 is 13.9 Å². The summed E-state index contributed by atoms with van der Waals surface area (Å²) in [5, 5.41) is 3.81. The maximum Gasteiger partial charge on any atom is 0.336 e. The van der Waals surface area contributed by atoms with Gasteiger partial charge in [0.15, 0.2) is 0 Å². The van der Waals surface area contributed by atoms with Gasteiger partial charge in [0.25, 0.3) is 0 Å². The van der Waals surface area contributed by atoms with Gasteiger partial charge in [-0.15, -0.1) is 0 Å². The monoisotopic (exact) mass is 330 g/mol. The maximum absolute atomic E-state index is 12.6. The number of aryl methyl sites for hydroxylation is 1. The molecule has 1 aliphatic heterocycles. The summed E-state index contributed by atoms with van der Waals surface area (Å²) in [5.41, 5.74) is 1.59. The molecule has 0 saturated carbocycles. The number of hydrogen-bond donors (Lipinski definition) is 1. The fourth-order valence-corrected chi connectivity index (χ4v) is 3.13. The Hall–Kier alpha value is -2.18. The molecule has 1 atom stereocenters. The van der Waals surface area contributed by atoms with Crippen LogP contribution in [0.3, 0.4) is 0 Å². The minimum absolute atomic E-state index is 0.0475. The number of anilines is 1. The number of ether oxygens (including phenoxy) is 1. The van der Waals surface area contributed by atoms with Crippen LogP contribution in [0.4, 0.5) is 5.69 Å². The molecule has 1 saturated heterocycles. The molecule has 1 aromatic heterocycles. The van der Waals surface area contributed by atoms with E-state index < -0.39 is 0 Å². The van der Waals surface area contributed by atoms with E-state index in [0.29, 0.717) is 24.5 Å². The second kappa shape index (κ2) is 7.15. The topological polar surface area (TPSA) is 71.8 Å². The van der Waals surface area contributed by atoms with Crippen molar-refractivity contribution in [2.24, 2.45) is 0 Å². The van der Waals surface area contributed by atoms with Crippen molar-refractivity contribution in [3.63, 3.8) is 0 Å². The Morgan fingerprint density at radius 1 is 1.29 bits per heavy atom. The highest BCUT2D eigenvalue weighted by Gasteiger charge is 2.25. The van der Waals surface area contributed by atoms with Crippen LogP contribution in [0.1, 0.15) is 18.9 Å². The van der Waals surface area contributed by atoms with E-state index in [2.05, 4.69) is 10.2 Å². The van der Waals surface area contributed by atoms with Gasteiger partial charge < -0.3 is 14.5 Å². The number of nitrogens with one attached hydrogen (secondary N) is 1. The molecule has 0 radical (unpaired) electrons. The van der Waals surface area contributed by atoms with Crippen molar-refractivity contribution in [2.45, 2.75) is 26.3 Å². The number of nitrogens with zero attached hydrogens (tertiary/aromatic N) is 1. The summed E-state index contributed by atoms with van der Waals surface area (Å²) in [6.07, 6.45) is 0.730. The third-order valence-corrected chi connectivity index (χ3v) is 4.39. The number of benzene rings is 1. The molecule has 0 spiro atoms. The maximum atomic E-state index is 12.6. The number of amides is 1. The zero-order valence-corrected chi connectivity index (χ0v) is 14.0. The van der Waals surface area contributed by atoms with E-state index in [-0.39, 0.29) is 17.6 Å². The van der Waals surface area contributed by atoms with E-state index in [0.717, 1.165) is 30.5 Å². The standard InChI is InChI=1S/C18H22N2O4/c1-3-15(20-6-8-23-9-7-20)18(22)19-13-4-5-14-12(2)10-17(21)24-16(14)11-13/h4-5,10-11,15H,3,6-9H2,1-2H3,(H,19,22). The van der Waals surface area contributed by atoms with E-state index in [9.17, 15) is 9.59 Å². The SMILES string of the molecule is CCC(C(=O)Nc1ccc2c(C)cc(=O)oc2c1)N1CCOCC1. The first-order valence-electron chi connectivity index (χ1n) is 8.25. The molecule has 1 fully saturated rings. The lowest BCUT2D eigenvalue weighted by Gasteiger charge is -2.32. The normalized spacial score (nSPS) is 16.9. The van der Waals surface area contributed by atoms with Crippen LogP contribution in [-0.2, 0) is 9.53 Å². The Labute approximate surface area is 140 Å². The predicted octanol–water partition coefficient (Wildman–Crippen LogP) is 2.15. The Morgan fingerprint density at radius 2 is 2.04 bits per heavy atom. The van der Waals surface area contributed by atoms with Gasteiger partial charge in [0.2, 0.25) is 5.91 Å². The average Bonchev–Trinajstić information content (AvgIpc) is 2.56. The van der Waals surface area contributed by atoms with Gasteiger partial charge in [0.05, 0.1) is 19.3 Å². The van der Waals surface area contributed by atoms with E-state index >= 15 is 0 Å². The molecule has 24 heavy (non-hydrogen) atoms. The van der Waals surface area contributed by atoms with Crippen molar-refractivity contribution in [1.82, 2.24) is 4.90 Å². The Bertz CT molecular complexity index is 793. The molecule has 0 aliphatic carbocycles. The summed E-state index contributed by atoms with van der Waals surface area (Å²) in [4.78, 5) is 26.3. The van der Waals surface area contributed by atoms with Crippen molar-refractivity contribution in [3.8, 4) is 0 Å². The first-order valence-corrected chi connectivity index (χ1v) is 8.25. The Kier molecular flexibility index (Phi) is 4.97. The van der Waals surface area contributed by atoms with Crippen molar-refractivity contribution in [3.05, 3.63) is 40.2 Å². The molecule has 1 amide bonds.